The first-order valence-electron chi connectivity index (χ1n) is 6.54. The van der Waals surface area contributed by atoms with Crippen LogP contribution >= 0.6 is 11.8 Å². The van der Waals surface area contributed by atoms with Crippen molar-refractivity contribution in [1.82, 2.24) is 10.3 Å². The van der Waals surface area contributed by atoms with E-state index in [1.807, 2.05) is 4.90 Å². The SMILES string of the molecule is CCS(=O)(=O)C1CSCCN1CCCCC(=O)NN. The van der Waals surface area contributed by atoms with Gasteiger partial charge in [0, 0.05) is 30.2 Å². The molecular formula is C11H23N3O3S2. The summed E-state index contributed by atoms with van der Waals surface area (Å²) in [6.07, 6.45) is 1.93. The van der Waals surface area contributed by atoms with Gasteiger partial charge in [0.1, 0.15) is 5.37 Å². The first-order chi connectivity index (χ1) is 9.01. The average Bonchev–Trinajstić information content (AvgIpc) is 2.43. The van der Waals surface area contributed by atoms with Crippen molar-refractivity contribution in [2.24, 2.45) is 5.84 Å². The van der Waals surface area contributed by atoms with Gasteiger partial charge in [-0.25, -0.2) is 14.3 Å². The minimum Gasteiger partial charge on any atom is -0.294 e. The summed E-state index contributed by atoms with van der Waals surface area (Å²) >= 11 is 1.70. The Kier molecular flexibility index (Phi) is 7.12. The topological polar surface area (TPSA) is 92.5 Å². The molecule has 0 radical (unpaired) electrons. The molecule has 112 valence electrons. The number of thioether (sulfide) groups is 1. The molecule has 0 spiro atoms. The predicted molar refractivity (Wildman–Crippen MR) is 78.3 cm³/mol. The molecule has 6 nitrogen and oxygen atoms in total. The number of nitrogens with one attached hydrogen (secondary N) is 1. The van der Waals surface area contributed by atoms with E-state index in [1.54, 1.807) is 18.7 Å². The fourth-order valence-electron chi connectivity index (χ4n) is 2.07. The van der Waals surface area contributed by atoms with Gasteiger partial charge in [-0.15, -0.1) is 0 Å². The van der Waals surface area contributed by atoms with Crippen molar-refractivity contribution < 1.29 is 13.2 Å². The first-order valence-corrected chi connectivity index (χ1v) is 9.41. The standard InChI is InChI=1S/C11H23N3O3S2/c1-2-19(16,17)11-9-18-8-7-14(11)6-4-3-5-10(15)13-12/h11H,2-9,12H2,1H3,(H,13,15). The summed E-state index contributed by atoms with van der Waals surface area (Å²) in [5.74, 6) is 6.64. The van der Waals surface area contributed by atoms with Crippen molar-refractivity contribution in [2.75, 3.05) is 30.3 Å². The van der Waals surface area contributed by atoms with Crippen molar-refractivity contribution in [3.05, 3.63) is 0 Å². The number of hydrogen-bond acceptors (Lipinski definition) is 6. The first kappa shape index (κ1) is 16.7. The fraction of sp³-hybridized carbons (Fsp3) is 0.909. The maximum Gasteiger partial charge on any atom is 0.233 e. The van der Waals surface area contributed by atoms with Crippen LogP contribution in [-0.2, 0) is 14.6 Å². The van der Waals surface area contributed by atoms with Crippen LogP contribution in [0.1, 0.15) is 26.2 Å². The van der Waals surface area contributed by atoms with E-state index in [4.69, 9.17) is 5.84 Å². The van der Waals surface area contributed by atoms with Crippen molar-refractivity contribution in [3.8, 4) is 0 Å². The molecule has 0 aromatic carbocycles. The third-order valence-electron chi connectivity index (χ3n) is 3.27. The molecule has 1 fully saturated rings. The van der Waals surface area contributed by atoms with Crippen LogP contribution in [0.2, 0.25) is 0 Å². The van der Waals surface area contributed by atoms with Gasteiger partial charge < -0.3 is 0 Å². The largest absolute Gasteiger partial charge is 0.294 e. The Morgan fingerprint density at radius 1 is 1.47 bits per heavy atom. The number of hydrazine groups is 1. The molecule has 8 heteroatoms. The second-order valence-corrected chi connectivity index (χ2v) is 8.14. The Morgan fingerprint density at radius 2 is 2.21 bits per heavy atom. The van der Waals surface area contributed by atoms with E-state index in [1.165, 1.54) is 0 Å². The lowest BCUT2D eigenvalue weighted by atomic mass is 10.2. The summed E-state index contributed by atoms with van der Waals surface area (Å²) in [6, 6.07) is 0. The van der Waals surface area contributed by atoms with E-state index >= 15 is 0 Å². The smallest absolute Gasteiger partial charge is 0.233 e. The van der Waals surface area contributed by atoms with Crippen LogP contribution in [0.25, 0.3) is 0 Å². The summed E-state index contributed by atoms with van der Waals surface area (Å²) in [6.45, 7) is 3.22. The molecule has 19 heavy (non-hydrogen) atoms. The van der Waals surface area contributed by atoms with Crippen LogP contribution in [-0.4, -0.2) is 54.9 Å². The van der Waals surface area contributed by atoms with Gasteiger partial charge in [-0.3, -0.25) is 15.1 Å². The zero-order chi connectivity index (χ0) is 14.3. The van der Waals surface area contributed by atoms with Crippen molar-refractivity contribution in [1.29, 1.82) is 0 Å². The van der Waals surface area contributed by atoms with E-state index in [9.17, 15) is 13.2 Å². The van der Waals surface area contributed by atoms with E-state index in [2.05, 4.69) is 5.43 Å². The van der Waals surface area contributed by atoms with Crippen LogP contribution < -0.4 is 11.3 Å². The van der Waals surface area contributed by atoms with E-state index in [0.717, 1.165) is 31.7 Å². The average molecular weight is 309 g/mol. The molecule has 1 saturated heterocycles. The van der Waals surface area contributed by atoms with Gasteiger partial charge in [0.2, 0.25) is 5.91 Å². The van der Waals surface area contributed by atoms with Gasteiger partial charge in [0.25, 0.3) is 0 Å². The molecule has 1 aliphatic rings. The number of nitrogens with zero attached hydrogens (tertiary/aromatic N) is 1. The van der Waals surface area contributed by atoms with E-state index < -0.39 is 9.84 Å². The maximum absolute atomic E-state index is 12.0. The monoisotopic (exact) mass is 309 g/mol. The Labute approximate surface area is 119 Å². The van der Waals surface area contributed by atoms with E-state index in [-0.39, 0.29) is 17.0 Å². The lowest BCUT2D eigenvalue weighted by Gasteiger charge is -2.34. The highest BCUT2D eigenvalue weighted by atomic mass is 32.2. The Morgan fingerprint density at radius 3 is 2.84 bits per heavy atom. The number of carbonyl (C=O) groups is 1. The highest BCUT2D eigenvalue weighted by molar-refractivity contribution is 8.01. The summed E-state index contributed by atoms with van der Waals surface area (Å²) in [7, 11) is -3.02. The predicted octanol–water partition coefficient (Wildman–Crippen LogP) is -0.0438. The minimum absolute atomic E-state index is 0.174. The van der Waals surface area contributed by atoms with Crippen LogP contribution in [0.4, 0.5) is 0 Å². The normalized spacial score (nSPS) is 21.3. The van der Waals surface area contributed by atoms with Crippen LogP contribution in [0.5, 0.6) is 0 Å². The third-order valence-corrected chi connectivity index (χ3v) is 6.60. The molecule has 1 unspecified atom stereocenters. The van der Waals surface area contributed by atoms with Gasteiger partial charge in [-0.2, -0.15) is 11.8 Å². The molecule has 1 amide bonds. The number of rotatable bonds is 7. The summed E-state index contributed by atoms with van der Waals surface area (Å²) in [5.41, 5.74) is 2.09. The summed E-state index contributed by atoms with van der Waals surface area (Å²) in [4.78, 5) is 13.0. The molecule has 1 heterocycles. The zero-order valence-electron chi connectivity index (χ0n) is 11.3. The van der Waals surface area contributed by atoms with Crippen molar-refractivity contribution in [3.63, 3.8) is 0 Å². The number of nitrogens with two attached hydrogens (primary N) is 1. The van der Waals surface area contributed by atoms with Gasteiger partial charge in [0.05, 0.1) is 0 Å². The molecule has 0 aliphatic carbocycles. The molecule has 0 aromatic rings. The second-order valence-electron chi connectivity index (χ2n) is 4.54. The quantitative estimate of drug-likeness (QED) is 0.297. The molecule has 1 aliphatic heterocycles. The summed E-state index contributed by atoms with van der Waals surface area (Å²) < 4.78 is 24.0. The third kappa shape index (κ3) is 5.29. The van der Waals surface area contributed by atoms with Gasteiger partial charge in [0.15, 0.2) is 9.84 Å². The van der Waals surface area contributed by atoms with Gasteiger partial charge in [-0.1, -0.05) is 6.92 Å². The van der Waals surface area contributed by atoms with Crippen LogP contribution in [0.3, 0.4) is 0 Å². The maximum atomic E-state index is 12.0. The molecule has 0 saturated carbocycles. The van der Waals surface area contributed by atoms with Crippen molar-refractivity contribution >= 4 is 27.5 Å². The Bertz CT molecular complexity index is 387. The number of sulfone groups is 1. The van der Waals surface area contributed by atoms with Crippen molar-refractivity contribution in [2.45, 2.75) is 31.6 Å². The lowest BCUT2D eigenvalue weighted by molar-refractivity contribution is -0.121. The zero-order valence-corrected chi connectivity index (χ0v) is 12.9. The Hall–Kier alpha value is -0.310. The molecule has 0 aromatic heterocycles. The highest BCUT2D eigenvalue weighted by Crippen LogP contribution is 2.21. The molecule has 3 N–H and O–H groups in total. The molecule has 0 bridgehead atoms. The fourth-order valence-corrected chi connectivity index (χ4v) is 5.18. The van der Waals surface area contributed by atoms with Gasteiger partial charge >= 0.3 is 0 Å². The molecule has 1 atom stereocenters. The lowest BCUT2D eigenvalue weighted by Crippen LogP contribution is -2.48. The number of hydrogen-bond donors (Lipinski definition) is 2. The highest BCUT2D eigenvalue weighted by Gasteiger charge is 2.32. The summed E-state index contributed by atoms with van der Waals surface area (Å²) in [5, 5.41) is -0.361. The number of unbranched alkanes of at least 4 members (excludes halogenated alkanes) is 1. The second kappa shape index (κ2) is 8.08. The molecule has 1 rings (SSSR count). The minimum atomic E-state index is -3.02. The Balaban J connectivity index is 2.43. The van der Waals surface area contributed by atoms with E-state index in [0.29, 0.717) is 12.2 Å². The van der Waals surface area contributed by atoms with Crippen LogP contribution in [0, 0.1) is 0 Å². The van der Waals surface area contributed by atoms with Crippen LogP contribution in [0.15, 0.2) is 0 Å². The number of amides is 1. The van der Waals surface area contributed by atoms with Gasteiger partial charge in [-0.05, 0) is 19.4 Å². The number of carbonyl (C=O) groups excluding carboxylic acids is 1. The molecular weight excluding hydrogens is 286 g/mol.